The molecule has 3 heteroatoms. The monoisotopic (exact) mass is 249 g/mol. The number of rotatable bonds is 5. The van der Waals surface area contributed by atoms with Crippen LogP contribution in [0.2, 0.25) is 0 Å². The second kappa shape index (κ2) is 5.72. The van der Waals surface area contributed by atoms with Crippen LogP contribution >= 0.6 is 0 Å². The van der Waals surface area contributed by atoms with Crippen LogP contribution in [-0.4, -0.2) is 25.9 Å². The van der Waals surface area contributed by atoms with Gasteiger partial charge in [-0.15, -0.1) is 0 Å². The van der Waals surface area contributed by atoms with Gasteiger partial charge in [0.25, 0.3) is 0 Å². The van der Waals surface area contributed by atoms with Crippen LogP contribution in [0.25, 0.3) is 0 Å². The zero-order valence-corrected chi connectivity index (χ0v) is 11.5. The molecule has 0 fully saturated rings. The molecule has 0 aromatic heterocycles. The third-order valence-corrected chi connectivity index (χ3v) is 3.57. The molecule has 3 nitrogen and oxygen atoms in total. The third-order valence-electron chi connectivity index (χ3n) is 3.57. The zero-order valence-electron chi connectivity index (χ0n) is 11.5. The van der Waals surface area contributed by atoms with E-state index in [1.54, 1.807) is 7.11 Å². The molecule has 0 saturated heterocycles. The molecule has 1 aromatic rings. The third kappa shape index (κ3) is 2.85. The first-order chi connectivity index (χ1) is 8.68. The fourth-order valence-corrected chi connectivity index (χ4v) is 2.61. The van der Waals surface area contributed by atoms with Gasteiger partial charge in [-0.2, -0.15) is 0 Å². The van der Waals surface area contributed by atoms with E-state index >= 15 is 0 Å². The van der Waals surface area contributed by atoms with E-state index in [1.165, 1.54) is 5.56 Å². The molecule has 2 atom stereocenters. The van der Waals surface area contributed by atoms with E-state index in [0.717, 1.165) is 31.7 Å². The fraction of sp³-hybridized carbons (Fsp3) is 0.600. The number of hydrogen-bond donors (Lipinski definition) is 1. The molecule has 1 aliphatic rings. The molecule has 0 radical (unpaired) electrons. The van der Waals surface area contributed by atoms with Gasteiger partial charge in [-0.25, -0.2) is 0 Å². The van der Waals surface area contributed by atoms with Crippen molar-refractivity contribution in [1.29, 1.82) is 0 Å². The zero-order chi connectivity index (χ0) is 13.0. The first kappa shape index (κ1) is 13.4. The maximum atomic E-state index is 6.18. The van der Waals surface area contributed by atoms with Crippen molar-refractivity contribution in [1.82, 2.24) is 5.32 Å². The van der Waals surface area contributed by atoms with Crippen molar-refractivity contribution >= 4 is 0 Å². The van der Waals surface area contributed by atoms with E-state index in [2.05, 4.69) is 37.4 Å². The van der Waals surface area contributed by atoms with E-state index in [4.69, 9.17) is 9.47 Å². The first-order valence-electron chi connectivity index (χ1n) is 6.69. The van der Waals surface area contributed by atoms with Crippen molar-refractivity contribution in [3.8, 4) is 5.75 Å². The molecular weight excluding hydrogens is 226 g/mol. The second-order valence-electron chi connectivity index (χ2n) is 5.15. The normalized spacial score (nSPS) is 26.5. The highest BCUT2D eigenvalue weighted by Crippen LogP contribution is 2.40. The average Bonchev–Trinajstić information content (AvgIpc) is 2.37. The predicted molar refractivity (Wildman–Crippen MR) is 73.0 cm³/mol. The minimum absolute atomic E-state index is 0.142. The molecule has 18 heavy (non-hydrogen) atoms. The van der Waals surface area contributed by atoms with Crippen molar-refractivity contribution in [2.24, 2.45) is 0 Å². The molecule has 0 amide bonds. The lowest BCUT2D eigenvalue weighted by Crippen LogP contribution is -2.42. The van der Waals surface area contributed by atoms with Gasteiger partial charge in [0.15, 0.2) is 0 Å². The van der Waals surface area contributed by atoms with Gasteiger partial charge in [-0.1, -0.05) is 25.1 Å². The highest BCUT2D eigenvalue weighted by Gasteiger charge is 2.36. The summed E-state index contributed by atoms with van der Waals surface area (Å²) in [5, 5.41) is 3.55. The number of ether oxygens (including phenoxy) is 2. The maximum absolute atomic E-state index is 6.18. The number of nitrogens with one attached hydrogen (secondary N) is 1. The van der Waals surface area contributed by atoms with E-state index in [9.17, 15) is 0 Å². The highest BCUT2D eigenvalue weighted by atomic mass is 16.5. The van der Waals surface area contributed by atoms with E-state index in [0.29, 0.717) is 6.04 Å². The van der Waals surface area contributed by atoms with Gasteiger partial charge in [0.05, 0.1) is 0 Å². The molecule has 0 aliphatic carbocycles. The van der Waals surface area contributed by atoms with Crippen LogP contribution in [-0.2, 0) is 4.74 Å². The lowest BCUT2D eigenvalue weighted by atomic mass is 9.86. The van der Waals surface area contributed by atoms with E-state index in [1.807, 2.05) is 6.07 Å². The van der Waals surface area contributed by atoms with Gasteiger partial charge >= 0.3 is 0 Å². The largest absolute Gasteiger partial charge is 0.487 e. The Kier molecular flexibility index (Phi) is 4.25. The number of hydrogen-bond acceptors (Lipinski definition) is 3. The minimum Gasteiger partial charge on any atom is -0.487 e. The molecule has 1 aromatic carbocycles. The SMILES string of the molecule is CCNC1CC(C)(CCOC)Oc2ccccc21. The summed E-state index contributed by atoms with van der Waals surface area (Å²) in [6.07, 6.45) is 1.90. The lowest BCUT2D eigenvalue weighted by molar-refractivity contribution is 0.0172. The maximum Gasteiger partial charge on any atom is 0.124 e. The van der Waals surface area contributed by atoms with Crippen molar-refractivity contribution < 1.29 is 9.47 Å². The summed E-state index contributed by atoms with van der Waals surface area (Å²) in [4.78, 5) is 0. The Morgan fingerprint density at radius 2 is 2.22 bits per heavy atom. The summed E-state index contributed by atoms with van der Waals surface area (Å²) in [6, 6.07) is 8.69. The van der Waals surface area contributed by atoms with Crippen LogP contribution in [0, 0.1) is 0 Å². The van der Waals surface area contributed by atoms with Gasteiger partial charge in [0.1, 0.15) is 11.4 Å². The Bertz CT molecular complexity index is 394. The van der Waals surface area contributed by atoms with Crippen molar-refractivity contribution in [2.45, 2.75) is 38.3 Å². The summed E-state index contributed by atoms with van der Waals surface area (Å²) in [5.74, 6) is 1.01. The summed E-state index contributed by atoms with van der Waals surface area (Å²) < 4.78 is 11.4. The van der Waals surface area contributed by atoms with Crippen LogP contribution in [0.5, 0.6) is 5.75 Å². The molecule has 2 rings (SSSR count). The molecule has 0 spiro atoms. The molecule has 1 heterocycles. The second-order valence-corrected chi connectivity index (χ2v) is 5.15. The summed E-state index contributed by atoms with van der Waals surface area (Å²) in [7, 11) is 1.74. The summed E-state index contributed by atoms with van der Waals surface area (Å²) in [5.41, 5.74) is 1.13. The highest BCUT2D eigenvalue weighted by molar-refractivity contribution is 5.38. The van der Waals surface area contributed by atoms with Gasteiger partial charge in [0, 0.05) is 38.2 Å². The number of fused-ring (bicyclic) bond motifs is 1. The average molecular weight is 249 g/mol. The Morgan fingerprint density at radius 3 is 2.94 bits per heavy atom. The first-order valence-corrected chi connectivity index (χ1v) is 6.69. The van der Waals surface area contributed by atoms with Crippen LogP contribution in [0.4, 0.5) is 0 Å². The fourth-order valence-electron chi connectivity index (χ4n) is 2.61. The van der Waals surface area contributed by atoms with Crippen molar-refractivity contribution in [3.63, 3.8) is 0 Å². The summed E-state index contributed by atoms with van der Waals surface area (Å²) in [6.45, 7) is 6.02. The molecule has 1 aliphatic heterocycles. The van der Waals surface area contributed by atoms with E-state index < -0.39 is 0 Å². The smallest absolute Gasteiger partial charge is 0.124 e. The molecule has 100 valence electrons. The van der Waals surface area contributed by atoms with Gasteiger partial charge in [-0.05, 0) is 19.5 Å². The molecular formula is C15H23NO2. The quantitative estimate of drug-likeness (QED) is 0.870. The van der Waals surface area contributed by atoms with Gasteiger partial charge in [-0.3, -0.25) is 0 Å². The Morgan fingerprint density at radius 1 is 1.44 bits per heavy atom. The molecule has 0 saturated carbocycles. The Hall–Kier alpha value is -1.06. The lowest BCUT2D eigenvalue weighted by Gasteiger charge is -2.40. The topological polar surface area (TPSA) is 30.5 Å². The Labute approximate surface area is 109 Å². The van der Waals surface area contributed by atoms with Crippen LogP contribution < -0.4 is 10.1 Å². The number of methoxy groups -OCH3 is 1. The van der Waals surface area contributed by atoms with Gasteiger partial charge in [0.2, 0.25) is 0 Å². The molecule has 0 bridgehead atoms. The molecule has 1 N–H and O–H groups in total. The minimum atomic E-state index is -0.142. The number of benzene rings is 1. The van der Waals surface area contributed by atoms with Crippen LogP contribution in [0.15, 0.2) is 24.3 Å². The predicted octanol–water partition coefficient (Wildman–Crippen LogP) is 2.91. The van der Waals surface area contributed by atoms with E-state index in [-0.39, 0.29) is 5.60 Å². The van der Waals surface area contributed by atoms with Gasteiger partial charge < -0.3 is 14.8 Å². The van der Waals surface area contributed by atoms with Crippen molar-refractivity contribution in [3.05, 3.63) is 29.8 Å². The molecule has 2 unspecified atom stereocenters. The van der Waals surface area contributed by atoms with Crippen molar-refractivity contribution in [2.75, 3.05) is 20.3 Å². The number of para-hydroxylation sites is 1. The van der Waals surface area contributed by atoms with Crippen LogP contribution in [0.3, 0.4) is 0 Å². The standard InChI is InChI=1S/C15H23NO2/c1-4-16-13-11-15(2,9-10-17-3)18-14-8-6-5-7-12(13)14/h5-8,13,16H,4,9-11H2,1-3H3. The summed E-state index contributed by atoms with van der Waals surface area (Å²) >= 11 is 0. The Balaban J connectivity index is 2.22. The van der Waals surface area contributed by atoms with Crippen LogP contribution in [0.1, 0.15) is 38.3 Å².